The fraction of sp³-hybridized carbons (Fsp3) is 0.429. The smallest absolute Gasteiger partial charge is 0.247 e. The number of aromatic amines is 1. The van der Waals surface area contributed by atoms with Crippen molar-refractivity contribution in [2.75, 3.05) is 13.1 Å². The Morgan fingerprint density at radius 2 is 2.43 bits per heavy atom. The van der Waals surface area contributed by atoms with Gasteiger partial charge in [0.05, 0.1) is 12.3 Å². The molecule has 0 fully saturated rings. The Hall–Kier alpha value is -1.39. The van der Waals surface area contributed by atoms with E-state index in [9.17, 15) is 8.42 Å². The largest absolute Gasteiger partial charge is 0.284 e. The first-order valence-electron chi connectivity index (χ1n) is 3.98. The van der Waals surface area contributed by atoms with Gasteiger partial charge < -0.3 is 0 Å². The van der Waals surface area contributed by atoms with Crippen molar-refractivity contribution >= 4 is 10.0 Å². The SMILES string of the molecule is CCN(CC#N)S(=O)(=O)c1cn[nH]c1. The molecule has 0 aliphatic rings. The molecular formula is C7H10N4O2S. The third kappa shape index (κ3) is 1.92. The van der Waals surface area contributed by atoms with E-state index >= 15 is 0 Å². The third-order valence-corrected chi connectivity index (χ3v) is 3.60. The van der Waals surface area contributed by atoms with Gasteiger partial charge in [-0.1, -0.05) is 6.92 Å². The minimum atomic E-state index is -3.55. The highest BCUT2D eigenvalue weighted by Gasteiger charge is 2.23. The molecule has 0 bridgehead atoms. The van der Waals surface area contributed by atoms with Crippen LogP contribution in [0.2, 0.25) is 0 Å². The van der Waals surface area contributed by atoms with Gasteiger partial charge in [0.1, 0.15) is 11.4 Å². The molecule has 1 heterocycles. The van der Waals surface area contributed by atoms with E-state index in [2.05, 4.69) is 10.2 Å². The maximum absolute atomic E-state index is 11.7. The molecule has 1 aromatic rings. The van der Waals surface area contributed by atoms with Crippen molar-refractivity contribution in [3.8, 4) is 6.07 Å². The van der Waals surface area contributed by atoms with Gasteiger partial charge >= 0.3 is 0 Å². The minimum Gasteiger partial charge on any atom is -0.284 e. The van der Waals surface area contributed by atoms with Crippen LogP contribution in [0, 0.1) is 11.3 Å². The molecule has 7 heteroatoms. The summed E-state index contributed by atoms with van der Waals surface area (Å²) in [5, 5.41) is 14.4. The van der Waals surface area contributed by atoms with Crippen molar-refractivity contribution in [1.29, 1.82) is 5.26 Å². The van der Waals surface area contributed by atoms with Crippen LogP contribution in [0.3, 0.4) is 0 Å². The summed E-state index contributed by atoms with van der Waals surface area (Å²) in [6.45, 7) is 1.79. The highest BCUT2D eigenvalue weighted by atomic mass is 32.2. The van der Waals surface area contributed by atoms with E-state index in [0.29, 0.717) is 0 Å². The number of hydrogen-bond donors (Lipinski definition) is 1. The van der Waals surface area contributed by atoms with Crippen LogP contribution in [0.15, 0.2) is 17.3 Å². The maximum Gasteiger partial charge on any atom is 0.247 e. The third-order valence-electron chi connectivity index (χ3n) is 1.71. The number of H-pyrrole nitrogens is 1. The van der Waals surface area contributed by atoms with Gasteiger partial charge in [-0.3, -0.25) is 5.10 Å². The van der Waals surface area contributed by atoms with Crippen LogP contribution < -0.4 is 0 Å². The van der Waals surface area contributed by atoms with Gasteiger partial charge in [-0.15, -0.1) is 0 Å². The Balaban J connectivity index is 3.01. The number of sulfonamides is 1. The molecule has 1 rings (SSSR count). The lowest BCUT2D eigenvalue weighted by Crippen LogP contribution is -2.30. The molecule has 0 unspecified atom stereocenters. The van der Waals surface area contributed by atoms with Crippen molar-refractivity contribution < 1.29 is 8.42 Å². The Labute approximate surface area is 82.2 Å². The number of hydrogen-bond acceptors (Lipinski definition) is 4. The molecule has 0 saturated heterocycles. The lowest BCUT2D eigenvalue weighted by atomic mass is 10.6. The summed E-state index contributed by atoms with van der Waals surface area (Å²) in [6.07, 6.45) is 2.50. The van der Waals surface area contributed by atoms with Crippen molar-refractivity contribution in [1.82, 2.24) is 14.5 Å². The van der Waals surface area contributed by atoms with Crippen LogP contribution in [-0.2, 0) is 10.0 Å². The lowest BCUT2D eigenvalue weighted by molar-refractivity contribution is 0.462. The molecule has 0 aromatic carbocycles. The van der Waals surface area contributed by atoms with E-state index in [0.717, 1.165) is 4.31 Å². The first kappa shape index (κ1) is 10.7. The molecule has 0 atom stereocenters. The van der Waals surface area contributed by atoms with Crippen molar-refractivity contribution in [2.24, 2.45) is 0 Å². The quantitative estimate of drug-likeness (QED) is 0.711. The number of rotatable bonds is 4. The summed E-state index contributed by atoms with van der Waals surface area (Å²) in [5.74, 6) is 0. The summed E-state index contributed by atoms with van der Waals surface area (Å²) in [4.78, 5) is 0.0783. The van der Waals surface area contributed by atoms with Crippen LogP contribution >= 0.6 is 0 Å². The summed E-state index contributed by atoms with van der Waals surface area (Å²) in [7, 11) is -3.55. The fourth-order valence-electron chi connectivity index (χ4n) is 0.975. The molecule has 0 aliphatic carbocycles. The number of nitriles is 1. The number of aromatic nitrogens is 2. The average Bonchev–Trinajstić information content (AvgIpc) is 2.66. The van der Waals surface area contributed by atoms with Crippen LogP contribution in [0.4, 0.5) is 0 Å². The zero-order chi connectivity index (χ0) is 10.6. The number of nitrogens with one attached hydrogen (secondary N) is 1. The van der Waals surface area contributed by atoms with Gasteiger partial charge in [0.25, 0.3) is 0 Å². The zero-order valence-electron chi connectivity index (χ0n) is 7.64. The second kappa shape index (κ2) is 4.21. The van der Waals surface area contributed by atoms with Crippen molar-refractivity contribution in [2.45, 2.75) is 11.8 Å². The van der Waals surface area contributed by atoms with Crippen LogP contribution in [0.25, 0.3) is 0 Å². The first-order valence-corrected chi connectivity index (χ1v) is 5.42. The predicted octanol–water partition coefficient (Wildman–Crippen LogP) is -0.0561. The molecule has 0 saturated carbocycles. The van der Waals surface area contributed by atoms with Crippen LogP contribution in [-0.4, -0.2) is 36.0 Å². The average molecular weight is 214 g/mol. The molecule has 1 N–H and O–H groups in total. The highest BCUT2D eigenvalue weighted by molar-refractivity contribution is 7.89. The topological polar surface area (TPSA) is 89.8 Å². The van der Waals surface area contributed by atoms with E-state index in [1.54, 1.807) is 13.0 Å². The normalized spacial score (nSPS) is 11.5. The Bertz CT molecular complexity index is 417. The fourth-order valence-corrected chi connectivity index (χ4v) is 2.23. The summed E-state index contributed by atoms with van der Waals surface area (Å²) >= 11 is 0. The van der Waals surface area contributed by atoms with E-state index in [1.807, 2.05) is 0 Å². The Kier molecular flexibility index (Phi) is 3.22. The summed E-state index contributed by atoms with van der Waals surface area (Å²) in [5.41, 5.74) is 0. The Morgan fingerprint density at radius 1 is 1.71 bits per heavy atom. The second-order valence-corrected chi connectivity index (χ2v) is 4.46. The van der Waals surface area contributed by atoms with Gasteiger partial charge in [-0.25, -0.2) is 8.42 Å². The molecule has 0 radical (unpaired) electrons. The lowest BCUT2D eigenvalue weighted by Gasteiger charge is -2.15. The van der Waals surface area contributed by atoms with Crippen LogP contribution in [0.1, 0.15) is 6.92 Å². The van der Waals surface area contributed by atoms with Gasteiger partial charge in [0, 0.05) is 12.7 Å². The molecule has 0 amide bonds. The van der Waals surface area contributed by atoms with Gasteiger partial charge in [0.15, 0.2) is 0 Å². The van der Waals surface area contributed by atoms with Gasteiger partial charge in [0.2, 0.25) is 10.0 Å². The molecule has 0 spiro atoms. The second-order valence-electron chi connectivity index (χ2n) is 2.52. The zero-order valence-corrected chi connectivity index (χ0v) is 8.45. The van der Waals surface area contributed by atoms with Crippen LogP contribution in [0.5, 0.6) is 0 Å². The summed E-state index contributed by atoms with van der Waals surface area (Å²) in [6, 6.07) is 1.80. The molecule has 76 valence electrons. The maximum atomic E-state index is 11.7. The molecule has 6 nitrogen and oxygen atoms in total. The predicted molar refractivity (Wildman–Crippen MR) is 48.6 cm³/mol. The van der Waals surface area contributed by atoms with Gasteiger partial charge in [-0.05, 0) is 0 Å². The monoisotopic (exact) mass is 214 g/mol. The van der Waals surface area contributed by atoms with E-state index < -0.39 is 10.0 Å². The Morgan fingerprint density at radius 3 is 2.86 bits per heavy atom. The van der Waals surface area contributed by atoms with E-state index in [1.165, 1.54) is 12.4 Å². The molecular weight excluding hydrogens is 204 g/mol. The van der Waals surface area contributed by atoms with E-state index in [-0.39, 0.29) is 18.0 Å². The van der Waals surface area contributed by atoms with Gasteiger partial charge in [-0.2, -0.15) is 14.7 Å². The summed E-state index contributed by atoms with van der Waals surface area (Å²) < 4.78 is 24.5. The standard InChI is InChI=1S/C7H10N4O2S/c1-2-11(4-3-8)14(12,13)7-5-9-10-6-7/h5-6H,2,4H2,1H3,(H,9,10). The molecule has 14 heavy (non-hydrogen) atoms. The molecule has 1 aromatic heterocycles. The van der Waals surface area contributed by atoms with E-state index in [4.69, 9.17) is 5.26 Å². The number of nitrogens with zero attached hydrogens (tertiary/aromatic N) is 3. The first-order chi connectivity index (χ1) is 6.62. The highest BCUT2D eigenvalue weighted by Crippen LogP contribution is 2.12. The van der Waals surface area contributed by atoms with Crippen molar-refractivity contribution in [3.63, 3.8) is 0 Å². The minimum absolute atomic E-state index is 0.0783. The van der Waals surface area contributed by atoms with Crippen molar-refractivity contribution in [3.05, 3.63) is 12.4 Å². The molecule has 0 aliphatic heterocycles.